The van der Waals surface area contributed by atoms with Crippen LogP contribution in [0.25, 0.3) is 0 Å². The Kier molecular flexibility index (Phi) is 5.45. The molecule has 0 spiro atoms. The third-order valence-corrected chi connectivity index (χ3v) is 3.63. The lowest BCUT2D eigenvalue weighted by Gasteiger charge is -2.26. The van der Waals surface area contributed by atoms with E-state index in [1.54, 1.807) is 0 Å². The van der Waals surface area contributed by atoms with Crippen molar-refractivity contribution in [3.63, 3.8) is 0 Å². The fourth-order valence-corrected chi connectivity index (χ4v) is 2.58. The van der Waals surface area contributed by atoms with Gasteiger partial charge >= 0.3 is 0 Å². The zero-order chi connectivity index (χ0) is 14.4. The van der Waals surface area contributed by atoms with E-state index in [1.165, 1.54) is 16.8 Å². The Bertz CT molecular complexity index is 540. The zero-order valence-corrected chi connectivity index (χ0v) is 12.6. The Hall–Kier alpha value is -1.51. The van der Waals surface area contributed by atoms with E-state index in [-0.39, 0.29) is 0 Å². The molecule has 2 aromatic rings. The predicted molar refractivity (Wildman–Crippen MR) is 87.4 cm³/mol. The standard InChI is InChI=1S/C17H21ClN2/c1-2-20(13-14-6-4-3-5-7-14)17-9-8-16(18)12-15(17)10-11-19/h3-9,12H,2,10-11,13,19H2,1H3. The second-order valence-corrected chi connectivity index (χ2v) is 5.25. The molecule has 0 unspecified atom stereocenters. The van der Waals surface area contributed by atoms with Crippen LogP contribution in [0.5, 0.6) is 0 Å². The van der Waals surface area contributed by atoms with E-state index in [0.717, 1.165) is 24.5 Å². The first-order valence-electron chi connectivity index (χ1n) is 7.02. The van der Waals surface area contributed by atoms with Crippen molar-refractivity contribution >= 4 is 17.3 Å². The summed E-state index contributed by atoms with van der Waals surface area (Å²) in [5.74, 6) is 0. The highest BCUT2D eigenvalue weighted by Gasteiger charge is 2.10. The third kappa shape index (κ3) is 3.75. The number of hydrogen-bond acceptors (Lipinski definition) is 2. The van der Waals surface area contributed by atoms with Crippen LogP contribution in [0, 0.1) is 0 Å². The van der Waals surface area contributed by atoms with Gasteiger partial charge in [0.05, 0.1) is 0 Å². The summed E-state index contributed by atoms with van der Waals surface area (Å²) in [5.41, 5.74) is 9.47. The van der Waals surface area contributed by atoms with E-state index in [2.05, 4.69) is 42.2 Å². The summed E-state index contributed by atoms with van der Waals surface area (Å²) < 4.78 is 0. The van der Waals surface area contributed by atoms with Crippen LogP contribution in [0.2, 0.25) is 5.02 Å². The van der Waals surface area contributed by atoms with Gasteiger partial charge in [-0.1, -0.05) is 41.9 Å². The summed E-state index contributed by atoms with van der Waals surface area (Å²) in [6.07, 6.45) is 0.848. The number of halogens is 1. The van der Waals surface area contributed by atoms with E-state index in [9.17, 15) is 0 Å². The molecule has 0 saturated carbocycles. The summed E-state index contributed by atoms with van der Waals surface area (Å²) in [6, 6.07) is 16.6. The molecule has 0 atom stereocenters. The number of nitrogens with zero attached hydrogens (tertiary/aromatic N) is 1. The van der Waals surface area contributed by atoms with E-state index in [4.69, 9.17) is 17.3 Å². The summed E-state index contributed by atoms with van der Waals surface area (Å²) in [7, 11) is 0. The highest BCUT2D eigenvalue weighted by atomic mass is 35.5. The van der Waals surface area contributed by atoms with Gasteiger partial charge < -0.3 is 10.6 Å². The summed E-state index contributed by atoms with van der Waals surface area (Å²) in [6.45, 7) is 4.66. The molecule has 0 aromatic heterocycles. The first-order valence-corrected chi connectivity index (χ1v) is 7.39. The molecule has 0 aliphatic rings. The molecule has 0 radical (unpaired) electrons. The quantitative estimate of drug-likeness (QED) is 0.874. The van der Waals surface area contributed by atoms with Crippen LogP contribution in [-0.2, 0) is 13.0 Å². The van der Waals surface area contributed by atoms with E-state index >= 15 is 0 Å². The SMILES string of the molecule is CCN(Cc1ccccc1)c1ccc(Cl)cc1CCN. The van der Waals surface area contributed by atoms with Gasteiger partial charge in [-0.25, -0.2) is 0 Å². The van der Waals surface area contributed by atoms with Crippen LogP contribution in [0.3, 0.4) is 0 Å². The lowest BCUT2D eigenvalue weighted by Crippen LogP contribution is -2.23. The number of benzene rings is 2. The first kappa shape index (κ1) is 14.9. The molecule has 0 heterocycles. The summed E-state index contributed by atoms with van der Waals surface area (Å²) >= 11 is 6.10. The molecular formula is C17H21ClN2. The molecule has 2 rings (SSSR count). The van der Waals surface area contributed by atoms with Crippen molar-refractivity contribution in [2.24, 2.45) is 5.73 Å². The van der Waals surface area contributed by atoms with E-state index in [1.807, 2.05) is 18.2 Å². The lowest BCUT2D eigenvalue weighted by molar-refractivity contribution is 0.818. The molecule has 0 aliphatic heterocycles. The zero-order valence-electron chi connectivity index (χ0n) is 11.8. The molecule has 0 fully saturated rings. The summed E-state index contributed by atoms with van der Waals surface area (Å²) in [4.78, 5) is 2.36. The maximum atomic E-state index is 6.10. The van der Waals surface area contributed by atoms with Gasteiger partial charge in [0.1, 0.15) is 0 Å². The first-order chi connectivity index (χ1) is 9.74. The van der Waals surface area contributed by atoms with E-state index in [0.29, 0.717) is 6.54 Å². The van der Waals surface area contributed by atoms with Crippen molar-refractivity contribution in [1.29, 1.82) is 0 Å². The Morgan fingerprint density at radius 3 is 2.50 bits per heavy atom. The van der Waals surface area contributed by atoms with Crippen LogP contribution in [0.15, 0.2) is 48.5 Å². The van der Waals surface area contributed by atoms with Gasteiger partial charge in [-0.05, 0) is 49.2 Å². The van der Waals surface area contributed by atoms with Crippen molar-refractivity contribution in [1.82, 2.24) is 0 Å². The van der Waals surface area contributed by atoms with Gasteiger partial charge in [-0.3, -0.25) is 0 Å². The molecule has 2 nitrogen and oxygen atoms in total. The van der Waals surface area contributed by atoms with Gasteiger partial charge in [0.25, 0.3) is 0 Å². The lowest BCUT2D eigenvalue weighted by atomic mass is 10.1. The number of hydrogen-bond donors (Lipinski definition) is 1. The Balaban J connectivity index is 2.27. The molecule has 0 amide bonds. The Labute approximate surface area is 126 Å². The minimum absolute atomic E-state index is 0.635. The van der Waals surface area contributed by atoms with Crippen LogP contribution in [0.4, 0.5) is 5.69 Å². The average Bonchev–Trinajstić information content (AvgIpc) is 2.47. The molecule has 3 heteroatoms. The predicted octanol–water partition coefficient (Wildman–Crippen LogP) is 3.87. The van der Waals surface area contributed by atoms with Crippen molar-refractivity contribution in [2.45, 2.75) is 19.9 Å². The average molecular weight is 289 g/mol. The number of rotatable bonds is 6. The largest absolute Gasteiger partial charge is 0.367 e. The van der Waals surface area contributed by atoms with Crippen molar-refractivity contribution in [2.75, 3.05) is 18.0 Å². The molecule has 2 aromatic carbocycles. The maximum absolute atomic E-state index is 6.10. The monoisotopic (exact) mass is 288 g/mol. The van der Waals surface area contributed by atoms with Crippen molar-refractivity contribution < 1.29 is 0 Å². The summed E-state index contributed by atoms with van der Waals surface area (Å²) in [5, 5.41) is 0.771. The third-order valence-electron chi connectivity index (χ3n) is 3.39. The highest BCUT2D eigenvalue weighted by Crippen LogP contribution is 2.26. The Morgan fingerprint density at radius 1 is 1.10 bits per heavy atom. The molecule has 0 bridgehead atoms. The molecular weight excluding hydrogens is 268 g/mol. The molecule has 20 heavy (non-hydrogen) atoms. The van der Waals surface area contributed by atoms with Crippen LogP contribution in [-0.4, -0.2) is 13.1 Å². The van der Waals surface area contributed by atoms with Gasteiger partial charge in [-0.15, -0.1) is 0 Å². The minimum Gasteiger partial charge on any atom is -0.367 e. The maximum Gasteiger partial charge on any atom is 0.0429 e. The molecule has 0 saturated heterocycles. The van der Waals surface area contributed by atoms with E-state index < -0.39 is 0 Å². The van der Waals surface area contributed by atoms with Gasteiger partial charge in [-0.2, -0.15) is 0 Å². The molecule has 2 N–H and O–H groups in total. The van der Waals surface area contributed by atoms with Gasteiger partial charge in [0.15, 0.2) is 0 Å². The van der Waals surface area contributed by atoms with Gasteiger partial charge in [0.2, 0.25) is 0 Å². The number of anilines is 1. The highest BCUT2D eigenvalue weighted by molar-refractivity contribution is 6.30. The molecule has 0 aliphatic carbocycles. The fraction of sp³-hybridized carbons (Fsp3) is 0.294. The number of nitrogens with two attached hydrogens (primary N) is 1. The van der Waals surface area contributed by atoms with Crippen molar-refractivity contribution in [3.8, 4) is 0 Å². The van der Waals surface area contributed by atoms with Crippen LogP contribution >= 0.6 is 11.6 Å². The smallest absolute Gasteiger partial charge is 0.0429 e. The normalized spacial score (nSPS) is 10.6. The second-order valence-electron chi connectivity index (χ2n) is 4.81. The van der Waals surface area contributed by atoms with Crippen LogP contribution in [0.1, 0.15) is 18.1 Å². The second kappa shape index (κ2) is 7.32. The molecule has 106 valence electrons. The van der Waals surface area contributed by atoms with Gasteiger partial charge in [0, 0.05) is 23.8 Å². The Morgan fingerprint density at radius 2 is 1.85 bits per heavy atom. The van der Waals surface area contributed by atoms with Crippen molar-refractivity contribution in [3.05, 3.63) is 64.7 Å². The minimum atomic E-state index is 0.635. The van der Waals surface area contributed by atoms with Crippen LogP contribution < -0.4 is 10.6 Å². The fourth-order valence-electron chi connectivity index (χ4n) is 2.39. The topological polar surface area (TPSA) is 29.3 Å².